The van der Waals surface area contributed by atoms with E-state index in [1.165, 1.54) is 30.4 Å². The van der Waals surface area contributed by atoms with Gasteiger partial charge in [0.1, 0.15) is 0 Å². The summed E-state index contributed by atoms with van der Waals surface area (Å²) in [5.74, 6) is 0. The van der Waals surface area contributed by atoms with Gasteiger partial charge in [-0.05, 0) is 42.5 Å². The Morgan fingerprint density at radius 3 is 2.24 bits per heavy atom. The average Bonchev–Trinajstić information content (AvgIpc) is 2.30. The molecule has 1 aromatic rings. The fourth-order valence-electron chi connectivity index (χ4n) is 2.13. The van der Waals surface area contributed by atoms with E-state index in [0.717, 1.165) is 13.1 Å². The molecule has 0 bridgehead atoms. The minimum atomic E-state index is 0.271. The summed E-state index contributed by atoms with van der Waals surface area (Å²) >= 11 is 0. The highest BCUT2D eigenvalue weighted by Gasteiger charge is 2.19. The molecular formula is C16H27N. The van der Waals surface area contributed by atoms with Crippen molar-refractivity contribution in [1.82, 2.24) is 5.32 Å². The maximum absolute atomic E-state index is 3.41. The summed E-state index contributed by atoms with van der Waals surface area (Å²) in [7, 11) is 0. The number of hydrogen-bond acceptors (Lipinski definition) is 1. The van der Waals surface area contributed by atoms with E-state index < -0.39 is 0 Å². The van der Waals surface area contributed by atoms with Gasteiger partial charge in [-0.2, -0.15) is 0 Å². The van der Waals surface area contributed by atoms with Crippen molar-refractivity contribution < 1.29 is 0 Å². The Bertz CT molecular complexity index is 311. The molecule has 0 amide bonds. The number of hydrogen-bond donors (Lipinski definition) is 1. The molecule has 0 unspecified atom stereocenters. The summed E-state index contributed by atoms with van der Waals surface area (Å²) in [6.45, 7) is 11.2. The largest absolute Gasteiger partial charge is 0.317 e. The topological polar surface area (TPSA) is 12.0 Å². The van der Waals surface area contributed by atoms with E-state index in [-0.39, 0.29) is 5.41 Å². The second-order valence-corrected chi connectivity index (χ2v) is 5.43. The van der Waals surface area contributed by atoms with Crippen LogP contribution in [-0.4, -0.2) is 13.1 Å². The van der Waals surface area contributed by atoms with Gasteiger partial charge in [0, 0.05) is 0 Å². The molecular weight excluding hydrogens is 206 g/mol. The van der Waals surface area contributed by atoms with Gasteiger partial charge in [-0.15, -0.1) is 0 Å². The van der Waals surface area contributed by atoms with Crippen LogP contribution in [0.15, 0.2) is 24.3 Å². The maximum Gasteiger partial charge on any atom is -0.00407 e. The zero-order valence-electron chi connectivity index (χ0n) is 11.8. The highest BCUT2D eigenvalue weighted by molar-refractivity contribution is 5.28. The van der Waals surface area contributed by atoms with Gasteiger partial charge in [0.2, 0.25) is 0 Å². The molecule has 0 aliphatic rings. The Hall–Kier alpha value is -0.820. The van der Waals surface area contributed by atoms with Crippen LogP contribution in [0.25, 0.3) is 0 Å². The Morgan fingerprint density at radius 1 is 1.06 bits per heavy atom. The van der Waals surface area contributed by atoms with Gasteiger partial charge in [-0.1, -0.05) is 58.4 Å². The number of nitrogens with one attached hydrogen (secondary N) is 1. The lowest BCUT2D eigenvalue weighted by atomic mass is 9.81. The third-order valence-corrected chi connectivity index (χ3v) is 3.45. The van der Waals surface area contributed by atoms with Gasteiger partial charge in [0.15, 0.2) is 0 Å². The highest BCUT2D eigenvalue weighted by atomic mass is 14.8. The fourth-order valence-corrected chi connectivity index (χ4v) is 2.13. The van der Waals surface area contributed by atoms with Crippen molar-refractivity contribution in [3.05, 3.63) is 35.4 Å². The molecule has 17 heavy (non-hydrogen) atoms. The van der Waals surface area contributed by atoms with Crippen LogP contribution in [0.2, 0.25) is 0 Å². The van der Waals surface area contributed by atoms with Crippen molar-refractivity contribution in [3.8, 4) is 0 Å². The monoisotopic (exact) mass is 233 g/mol. The van der Waals surface area contributed by atoms with E-state index in [2.05, 4.69) is 57.3 Å². The molecule has 0 heterocycles. The van der Waals surface area contributed by atoms with Gasteiger partial charge < -0.3 is 5.32 Å². The number of rotatable bonds is 7. The van der Waals surface area contributed by atoms with Gasteiger partial charge in [0.05, 0.1) is 0 Å². The molecule has 0 fully saturated rings. The Labute approximate surface area is 107 Å². The lowest BCUT2D eigenvalue weighted by molar-refractivity contribution is 0.461. The van der Waals surface area contributed by atoms with Gasteiger partial charge in [0.25, 0.3) is 0 Å². The molecule has 1 aromatic carbocycles. The van der Waals surface area contributed by atoms with Crippen LogP contribution in [0.4, 0.5) is 0 Å². The summed E-state index contributed by atoms with van der Waals surface area (Å²) in [4.78, 5) is 0. The Balaban J connectivity index is 2.63. The van der Waals surface area contributed by atoms with E-state index in [4.69, 9.17) is 0 Å². The van der Waals surface area contributed by atoms with Crippen LogP contribution >= 0.6 is 0 Å². The predicted molar refractivity (Wildman–Crippen MR) is 76.6 cm³/mol. The molecule has 0 aliphatic heterocycles. The Morgan fingerprint density at radius 2 is 1.71 bits per heavy atom. The summed E-state index contributed by atoms with van der Waals surface area (Å²) in [6, 6.07) is 9.18. The predicted octanol–water partition coefficient (Wildman–Crippen LogP) is 3.92. The van der Waals surface area contributed by atoms with Crippen LogP contribution in [0.1, 0.15) is 51.7 Å². The summed E-state index contributed by atoms with van der Waals surface area (Å²) < 4.78 is 0. The Kier molecular flexibility index (Phi) is 5.70. The highest BCUT2D eigenvalue weighted by Crippen LogP contribution is 2.26. The molecule has 0 aliphatic carbocycles. The molecule has 0 radical (unpaired) electrons. The molecule has 1 heteroatoms. The minimum Gasteiger partial charge on any atom is -0.317 e. The maximum atomic E-state index is 3.41. The summed E-state index contributed by atoms with van der Waals surface area (Å²) in [5, 5.41) is 3.41. The van der Waals surface area contributed by atoms with E-state index in [1.54, 1.807) is 0 Å². The molecule has 0 atom stereocenters. The average molecular weight is 233 g/mol. The van der Waals surface area contributed by atoms with E-state index in [9.17, 15) is 0 Å². The van der Waals surface area contributed by atoms with Crippen molar-refractivity contribution in [1.29, 1.82) is 0 Å². The van der Waals surface area contributed by atoms with Crippen LogP contribution in [0, 0.1) is 0 Å². The quantitative estimate of drug-likeness (QED) is 0.704. The lowest BCUT2D eigenvalue weighted by Gasteiger charge is -2.25. The number of aryl methyl sites for hydroxylation is 1. The normalized spacial score (nSPS) is 11.8. The van der Waals surface area contributed by atoms with Crippen molar-refractivity contribution in [2.45, 2.75) is 52.4 Å². The third kappa shape index (κ3) is 4.51. The van der Waals surface area contributed by atoms with E-state index >= 15 is 0 Å². The van der Waals surface area contributed by atoms with Crippen molar-refractivity contribution >= 4 is 0 Å². The standard InChI is InChI=1S/C16H27N/c1-5-7-14-8-10-15(11-9-14)16(3,4)12-13-17-6-2/h8-11,17H,5-7,12-13H2,1-4H3. The molecule has 1 rings (SSSR count). The molecule has 96 valence electrons. The van der Waals surface area contributed by atoms with Gasteiger partial charge >= 0.3 is 0 Å². The zero-order chi connectivity index (χ0) is 12.7. The van der Waals surface area contributed by atoms with Crippen LogP contribution < -0.4 is 5.32 Å². The van der Waals surface area contributed by atoms with Crippen LogP contribution in [-0.2, 0) is 11.8 Å². The first-order valence-corrected chi connectivity index (χ1v) is 6.90. The smallest absolute Gasteiger partial charge is 0.00407 e. The first-order chi connectivity index (χ1) is 8.10. The molecule has 0 saturated carbocycles. The van der Waals surface area contributed by atoms with Crippen molar-refractivity contribution in [2.75, 3.05) is 13.1 Å². The molecule has 0 spiro atoms. The molecule has 1 nitrogen and oxygen atoms in total. The van der Waals surface area contributed by atoms with Crippen molar-refractivity contribution in [2.24, 2.45) is 0 Å². The molecule has 0 aromatic heterocycles. The van der Waals surface area contributed by atoms with Crippen LogP contribution in [0.3, 0.4) is 0 Å². The van der Waals surface area contributed by atoms with Gasteiger partial charge in [-0.3, -0.25) is 0 Å². The lowest BCUT2D eigenvalue weighted by Crippen LogP contribution is -2.25. The summed E-state index contributed by atoms with van der Waals surface area (Å²) in [5.41, 5.74) is 3.18. The number of benzene rings is 1. The molecule has 1 N–H and O–H groups in total. The first kappa shape index (κ1) is 14.2. The van der Waals surface area contributed by atoms with Crippen LogP contribution in [0.5, 0.6) is 0 Å². The third-order valence-electron chi connectivity index (χ3n) is 3.45. The van der Waals surface area contributed by atoms with Gasteiger partial charge in [-0.25, -0.2) is 0 Å². The zero-order valence-corrected chi connectivity index (χ0v) is 11.8. The minimum absolute atomic E-state index is 0.271. The summed E-state index contributed by atoms with van der Waals surface area (Å²) in [6.07, 6.45) is 3.61. The SMILES string of the molecule is CCCc1ccc(C(C)(C)CCNCC)cc1. The first-order valence-electron chi connectivity index (χ1n) is 6.90. The second-order valence-electron chi connectivity index (χ2n) is 5.43. The second kappa shape index (κ2) is 6.80. The van der Waals surface area contributed by atoms with Crippen molar-refractivity contribution in [3.63, 3.8) is 0 Å². The fraction of sp³-hybridized carbons (Fsp3) is 0.625. The molecule has 0 saturated heterocycles. The van der Waals surface area contributed by atoms with E-state index in [1.807, 2.05) is 0 Å². The van der Waals surface area contributed by atoms with E-state index in [0.29, 0.717) is 0 Å².